The van der Waals surface area contributed by atoms with Crippen LogP contribution < -0.4 is 0 Å². The molecule has 2 aliphatic rings. The van der Waals surface area contributed by atoms with Crippen molar-refractivity contribution >= 4 is 17.8 Å². The summed E-state index contributed by atoms with van der Waals surface area (Å²) in [5.41, 5.74) is 1.06. The molecule has 2 amide bonds. The molecule has 4 rings (SSSR count). The maximum Gasteiger partial charge on any atom is 0.340 e. The minimum atomic E-state index is -1.09. The van der Waals surface area contributed by atoms with Crippen molar-refractivity contribution in [2.45, 2.75) is 44.2 Å². The van der Waals surface area contributed by atoms with Crippen LogP contribution in [0.4, 0.5) is 0 Å². The van der Waals surface area contributed by atoms with Gasteiger partial charge in [0.25, 0.3) is 11.8 Å². The summed E-state index contributed by atoms with van der Waals surface area (Å²) >= 11 is 0. The third-order valence-corrected chi connectivity index (χ3v) is 6.69. The van der Waals surface area contributed by atoms with Crippen molar-refractivity contribution in [3.63, 3.8) is 0 Å². The number of benzene rings is 2. The SMILES string of the molecule is CN(C(=O)c1ccccc1C(=O)OC(C(=O)N1CCOCC1)c1ccccc1)C1CCCCC1. The standard InChI is InChI=1S/C27H32N2O5/c1-28(21-12-6-3-7-13-21)25(30)22-14-8-9-15-23(22)27(32)34-24(20-10-4-2-5-11-20)26(31)29-16-18-33-19-17-29/h2,4-5,8-11,14-15,21,24H,3,6-7,12-13,16-19H2,1H3. The highest BCUT2D eigenvalue weighted by atomic mass is 16.5. The van der Waals surface area contributed by atoms with Crippen molar-refractivity contribution in [1.29, 1.82) is 0 Å². The van der Waals surface area contributed by atoms with Crippen molar-refractivity contribution in [1.82, 2.24) is 9.80 Å². The van der Waals surface area contributed by atoms with Gasteiger partial charge in [-0.25, -0.2) is 4.79 Å². The van der Waals surface area contributed by atoms with Gasteiger partial charge in [-0.1, -0.05) is 61.7 Å². The van der Waals surface area contributed by atoms with Gasteiger partial charge in [0.1, 0.15) is 0 Å². The third kappa shape index (κ3) is 5.47. The Hall–Kier alpha value is -3.19. The zero-order valence-corrected chi connectivity index (χ0v) is 19.7. The highest BCUT2D eigenvalue weighted by Gasteiger charge is 2.32. The van der Waals surface area contributed by atoms with Crippen LogP contribution in [-0.2, 0) is 14.3 Å². The van der Waals surface area contributed by atoms with Gasteiger partial charge in [0.05, 0.1) is 24.3 Å². The van der Waals surface area contributed by atoms with Crippen LogP contribution in [0.3, 0.4) is 0 Å². The summed E-state index contributed by atoms with van der Waals surface area (Å²) in [4.78, 5) is 43.4. The minimum Gasteiger partial charge on any atom is -0.444 e. The molecule has 0 radical (unpaired) electrons. The van der Waals surface area contributed by atoms with Crippen LogP contribution in [0, 0.1) is 0 Å². The fourth-order valence-corrected chi connectivity index (χ4v) is 4.68. The average Bonchev–Trinajstić information content (AvgIpc) is 2.92. The van der Waals surface area contributed by atoms with E-state index in [1.54, 1.807) is 65.4 Å². The summed E-state index contributed by atoms with van der Waals surface area (Å²) in [6.45, 7) is 1.79. The van der Waals surface area contributed by atoms with E-state index < -0.39 is 12.1 Å². The number of hydrogen-bond acceptors (Lipinski definition) is 5. The number of carbonyl (C=O) groups is 3. The molecule has 1 aliphatic heterocycles. The lowest BCUT2D eigenvalue weighted by Gasteiger charge is -2.32. The fraction of sp³-hybridized carbons (Fsp3) is 0.444. The van der Waals surface area contributed by atoms with Crippen molar-refractivity contribution in [2.24, 2.45) is 0 Å². The highest BCUT2D eigenvalue weighted by molar-refractivity contribution is 6.06. The lowest BCUT2D eigenvalue weighted by molar-refractivity contribution is -0.145. The topological polar surface area (TPSA) is 76.2 Å². The summed E-state index contributed by atoms with van der Waals surface area (Å²) in [5.74, 6) is -1.17. The van der Waals surface area contributed by atoms with Gasteiger partial charge >= 0.3 is 5.97 Å². The van der Waals surface area contributed by atoms with Crippen LogP contribution in [0.15, 0.2) is 54.6 Å². The molecule has 1 saturated carbocycles. The van der Waals surface area contributed by atoms with Gasteiger partial charge < -0.3 is 19.3 Å². The molecule has 0 spiro atoms. The van der Waals surface area contributed by atoms with Crippen molar-refractivity contribution in [3.8, 4) is 0 Å². The molecule has 1 atom stereocenters. The third-order valence-electron chi connectivity index (χ3n) is 6.69. The van der Waals surface area contributed by atoms with Gasteiger partial charge in [-0.2, -0.15) is 0 Å². The minimum absolute atomic E-state index is 0.172. The second kappa shape index (κ2) is 11.3. The molecular weight excluding hydrogens is 432 g/mol. The monoisotopic (exact) mass is 464 g/mol. The van der Waals surface area contributed by atoms with Crippen molar-refractivity contribution in [3.05, 3.63) is 71.3 Å². The number of morpholine rings is 1. The van der Waals surface area contributed by atoms with Crippen LogP contribution in [-0.4, -0.2) is 67.0 Å². The number of nitrogens with zero attached hydrogens (tertiary/aromatic N) is 2. The molecule has 2 aromatic carbocycles. The van der Waals surface area contributed by atoms with Gasteiger partial charge in [0, 0.05) is 31.7 Å². The lowest BCUT2D eigenvalue weighted by Crippen LogP contribution is -2.44. The lowest BCUT2D eigenvalue weighted by atomic mass is 9.93. The molecule has 1 heterocycles. The molecule has 7 nitrogen and oxygen atoms in total. The number of esters is 1. The highest BCUT2D eigenvalue weighted by Crippen LogP contribution is 2.26. The number of amides is 2. The first-order valence-electron chi connectivity index (χ1n) is 12.0. The summed E-state index contributed by atoms with van der Waals surface area (Å²) in [7, 11) is 1.80. The van der Waals surface area contributed by atoms with E-state index in [9.17, 15) is 14.4 Å². The maximum atomic E-state index is 13.4. The molecule has 2 aromatic rings. The Labute approximate surface area is 200 Å². The van der Waals surface area contributed by atoms with Gasteiger partial charge in [0.2, 0.25) is 6.10 Å². The second-order valence-electron chi connectivity index (χ2n) is 8.89. The van der Waals surface area contributed by atoms with E-state index in [0.29, 0.717) is 37.4 Å². The molecule has 1 aliphatic carbocycles. The summed E-state index contributed by atoms with van der Waals surface area (Å²) in [5, 5.41) is 0. The molecule has 34 heavy (non-hydrogen) atoms. The number of rotatable bonds is 6. The first-order chi connectivity index (χ1) is 16.6. The number of hydrogen-bond donors (Lipinski definition) is 0. The molecular formula is C27H32N2O5. The summed E-state index contributed by atoms with van der Waals surface area (Å²) in [6, 6.07) is 15.8. The zero-order valence-electron chi connectivity index (χ0n) is 19.7. The van der Waals surface area contributed by atoms with Crippen LogP contribution in [0.1, 0.15) is 64.5 Å². The molecule has 0 aromatic heterocycles. The second-order valence-corrected chi connectivity index (χ2v) is 8.89. The molecule has 2 fully saturated rings. The summed E-state index contributed by atoms with van der Waals surface area (Å²) < 4.78 is 11.2. The number of carbonyl (C=O) groups excluding carboxylic acids is 3. The smallest absolute Gasteiger partial charge is 0.340 e. The van der Waals surface area contributed by atoms with E-state index in [2.05, 4.69) is 0 Å². The quantitative estimate of drug-likeness (QED) is 0.607. The van der Waals surface area contributed by atoms with Gasteiger partial charge in [-0.15, -0.1) is 0 Å². The van der Waals surface area contributed by atoms with E-state index in [4.69, 9.17) is 9.47 Å². The van der Waals surface area contributed by atoms with E-state index in [-0.39, 0.29) is 23.4 Å². The normalized spacial score (nSPS) is 17.6. The maximum absolute atomic E-state index is 13.4. The Bertz CT molecular complexity index is 997. The van der Waals surface area contributed by atoms with Crippen LogP contribution >= 0.6 is 0 Å². The Kier molecular flexibility index (Phi) is 7.95. The Morgan fingerprint density at radius 1 is 0.912 bits per heavy atom. The van der Waals surface area contributed by atoms with Gasteiger partial charge in [-0.3, -0.25) is 9.59 Å². The van der Waals surface area contributed by atoms with Crippen LogP contribution in [0.5, 0.6) is 0 Å². The zero-order chi connectivity index (χ0) is 23.9. The summed E-state index contributed by atoms with van der Waals surface area (Å²) in [6.07, 6.45) is 4.26. The molecule has 0 bridgehead atoms. The predicted molar refractivity (Wildman–Crippen MR) is 127 cm³/mol. The Balaban J connectivity index is 1.57. The van der Waals surface area contributed by atoms with Crippen LogP contribution in [0.25, 0.3) is 0 Å². The molecule has 1 saturated heterocycles. The first-order valence-corrected chi connectivity index (χ1v) is 12.0. The Morgan fingerprint density at radius 3 is 2.21 bits per heavy atom. The van der Waals surface area contributed by atoms with E-state index in [1.807, 2.05) is 6.07 Å². The molecule has 1 unspecified atom stereocenters. The van der Waals surface area contributed by atoms with Gasteiger partial charge in [0.15, 0.2) is 0 Å². The predicted octanol–water partition coefficient (Wildman–Crippen LogP) is 3.85. The first kappa shape index (κ1) is 24.0. The van der Waals surface area contributed by atoms with E-state index in [0.717, 1.165) is 25.7 Å². The fourth-order valence-electron chi connectivity index (χ4n) is 4.68. The van der Waals surface area contributed by atoms with E-state index in [1.165, 1.54) is 6.42 Å². The molecule has 180 valence electrons. The number of ether oxygens (including phenoxy) is 2. The largest absolute Gasteiger partial charge is 0.444 e. The van der Waals surface area contributed by atoms with Crippen LogP contribution in [0.2, 0.25) is 0 Å². The van der Waals surface area contributed by atoms with Crippen molar-refractivity contribution in [2.75, 3.05) is 33.4 Å². The van der Waals surface area contributed by atoms with Gasteiger partial charge in [-0.05, 0) is 25.0 Å². The average molecular weight is 465 g/mol. The van der Waals surface area contributed by atoms with E-state index >= 15 is 0 Å². The molecule has 7 heteroatoms. The van der Waals surface area contributed by atoms with Crippen molar-refractivity contribution < 1.29 is 23.9 Å². The molecule has 0 N–H and O–H groups in total. The Morgan fingerprint density at radius 2 is 1.53 bits per heavy atom.